The van der Waals surface area contributed by atoms with Crippen LogP contribution in [0.5, 0.6) is 0 Å². The Labute approximate surface area is 124 Å². The lowest BCUT2D eigenvalue weighted by Crippen LogP contribution is -2.56. The Kier molecular flexibility index (Phi) is 4.52. The Hall–Kier alpha value is -1.01. The Morgan fingerprint density at radius 2 is 1.89 bits per heavy atom. The van der Waals surface area contributed by atoms with E-state index in [1.54, 1.807) is 0 Å². The lowest BCUT2D eigenvalue weighted by molar-refractivity contribution is -0.124. The number of hydrogen-bond acceptors (Lipinski definition) is 3. The van der Waals surface area contributed by atoms with Gasteiger partial charge in [0.25, 0.3) is 0 Å². The van der Waals surface area contributed by atoms with Gasteiger partial charge in [0.15, 0.2) is 0 Å². The first-order chi connectivity index (χ1) is 8.97. The van der Waals surface area contributed by atoms with Crippen molar-refractivity contribution in [3.8, 4) is 0 Å². The van der Waals surface area contributed by atoms with Crippen LogP contribution < -0.4 is 16.0 Å². The molecule has 102 valence electrons. The van der Waals surface area contributed by atoms with Crippen LogP contribution >= 0.6 is 34.8 Å². The largest absolute Gasteiger partial charge is 0.353 e. The molecule has 1 aliphatic heterocycles. The topological polar surface area (TPSA) is 70.2 Å². The van der Waals surface area contributed by atoms with Crippen molar-refractivity contribution in [1.82, 2.24) is 10.6 Å². The van der Waals surface area contributed by atoms with E-state index in [0.29, 0.717) is 10.7 Å². The highest BCUT2D eigenvalue weighted by Crippen LogP contribution is 2.33. The minimum Gasteiger partial charge on any atom is -0.353 e. The number of rotatable bonds is 2. The van der Waals surface area contributed by atoms with Crippen LogP contribution in [0, 0.1) is 0 Å². The lowest BCUT2D eigenvalue weighted by atomic mass is 10.2. The van der Waals surface area contributed by atoms with Gasteiger partial charge in [-0.2, -0.15) is 0 Å². The van der Waals surface area contributed by atoms with Crippen molar-refractivity contribution in [2.24, 2.45) is 0 Å². The van der Waals surface area contributed by atoms with Crippen LogP contribution in [-0.4, -0.2) is 30.9 Å². The number of halogens is 3. The molecule has 3 N–H and O–H groups in total. The summed E-state index contributed by atoms with van der Waals surface area (Å²) in [5.74, 6) is -0.474. The Balaban J connectivity index is 2.09. The smallest absolute Gasteiger partial charge is 0.243 e. The van der Waals surface area contributed by atoms with Crippen molar-refractivity contribution in [3.63, 3.8) is 0 Å². The van der Waals surface area contributed by atoms with Gasteiger partial charge in [-0.1, -0.05) is 34.8 Å². The van der Waals surface area contributed by atoms with E-state index in [0.717, 1.165) is 0 Å². The summed E-state index contributed by atoms with van der Waals surface area (Å²) in [4.78, 5) is 23.0. The Morgan fingerprint density at radius 3 is 2.42 bits per heavy atom. The number of amides is 2. The maximum absolute atomic E-state index is 12.0. The first kappa shape index (κ1) is 14.4. The average Bonchev–Trinajstić information content (AvgIpc) is 2.34. The minimum absolute atomic E-state index is 0.0974. The summed E-state index contributed by atoms with van der Waals surface area (Å²) in [6.45, 7) is 0.313. The molecule has 1 aromatic carbocycles. The summed E-state index contributed by atoms with van der Waals surface area (Å²) in [5, 5.41) is 8.90. The third-order valence-corrected chi connectivity index (χ3v) is 3.40. The highest BCUT2D eigenvalue weighted by Gasteiger charge is 2.24. The van der Waals surface area contributed by atoms with Crippen LogP contribution in [0.4, 0.5) is 5.69 Å². The molecular weight excluding hydrogens is 312 g/mol. The van der Waals surface area contributed by atoms with E-state index in [1.807, 2.05) is 0 Å². The standard InChI is InChI=1S/C11H10Cl3N3O2/c12-5-1-6(13)10(7(14)2-5)17-11(19)8-3-16-9(18)4-15-8/h1-2,8,15H,3-4H2,(H,16,18)(H,17,19). The third-order valence-electron chi connectivity index (χ3n) is 2.58. The molecule has 0 aromatic heterocycles. The zero-order valence-corrected chi connectivity index (χ0v) is 11.9. The van der Waals surface area contributed by atoms with Gasteiger partial charge in [-0.25, -0.2) is 0 Å². The number of piperazine rings is 1. The predicted octanol–water partition coefficient (Wildman–Crippen LogP) is 1.67. The number of hydrogen-bond donors (Lipinski definition) is 3. The van der Waals surface area contributed by atoms with Crippen molar-refractivity contribution in [2.45, 2.75) is 6.04 Å². The van der Waals surface area contributed by atoms with Gasteiger partial charge in [0.2, 0.25) is 11.8 Å². The molecule has 1 aliphatic rings. The minimum atomic E-state index is -0.527. The predicted molar refractivity (Wildman–Crippen MR) is 74.9 cm³/mol. The number of carbonyl (C=O) groups is 2. The second-order valence-corrected chi connectivity index (χ2v) is 5.22. The molecule has 1 saturated heterocycles. The Bertz CT molecular complexity index is 503. The molecular formula is C11H10Cl3N3O2. The molecule has 2 rings (SSSR count). The molecule has 0 radical (unpaired) electrons. The number of carbonyl (C=O) groups excluding carboxylic acids is 2. The van der Waals surface area contributed by atoms with Gasteiger partial charge in [-0.15, -0.1) is 0 Å². The monoisotopic (exact) mass is 321 g/mol. The van der Waals surface area contributed by atoms with E-state index in [1.165, 1.54) is 12.1 Å². The second-order valence-electron chi connectivity index (χ2n) is 3.97. The van der Waals surface area contributed by atoms with E-state index < -0.39 is 6.04 Å². The van der Waals surface area contributed by atoms with Gasteiger partial charge in [-0.3, -0.25) is 14.9 Å². The molecule has 0 bridgehead atoms. The molecule has 2 amide bonds. The summed E-state index contributed by atoms with van der Waals surface area (Å²) in [6.07, 6.45) is 0. The first-order valence-electron chi connectivity index (χ1n) is 5.43. The van der Waals surface area contributed by atoms with E-state index in [-0.39, 0.29) is 34.9 Å². The van der Waals surface area contributed by atoms with Crippen LogP contribution in [-0.2, 0) is 9.59 Å². The van der Waals surface area contributed by atoms with Gasteiger partial charge >= 0.3 is 0 Å². The summed E-state index contributed by atoms with van der Waals surface area (Å²) in [6, 6.07) is 2.45. The van der Waals surface area contributed by atoms with Crippen molar-refractivity contribution in [2.75, 3.05) is 18.4 Å². The third kappa shape index (κ3) is 3.51. The zero-order chi connectivity index (χ0) is 14.0. The fourth-order valence-electron chi connectivity index (χ4n) is 1.62. The molecule has 0 spiro atoms. The summed E-state index contributed by atoms with van der Waals surface area (Å²) in [5.41, 5.74) is 0.302. The summed E-state index contributed by atoms with van der Waals surface area (Å²) < 4.78 is 0. The van der Waals surface area contributed by atoms with Crippen molar-refractivity contribution < 1.29 is 9.59 Å². The lowest BCUT2D eigenvalue weighted by Gasteiger charge is -2.23. The zero-order valence-electron chi connectivity index (χ0n) is 9.60. The van der Waals surface area contributed by atoms with Crippen LogP contribution in [0.2, 0.25) is 15.1 Å². The first-order valence-corrected chi connectivity index (χ1v) is 6.56. The van der Waals surface area contributed by atoms with Crippen LogP contribution in [0.25, 0.3) is 0 Å². The molecule has 5 nitrogen and oxygen atoms in total. The van der Waals surface area contributed by atoms with Crippen molar-refractivity contribution in [1.29, 1.82) is 0 Å². The highest BCUT2D eigenvalue weighted by atomic mass is 35.5. The summed E-state index contributed by atoms with van der Waals surface area (Å²) >= 11 is 17.7. The second kappa shape index (κ2) is 5.96. The molecule has 1 aromatic rings. The SMILES string of the molecule is O=C1CNC(C(=O)Nc2c(Cl)cc(Cl)cc2Cl)CN1. The van der Waals surface area contributed by atoms with E-state index >= 15 is 0 Å². The average molecular weight is 323 g/mol. The van der Waals surface area contributed by atoms with Gasteiger partial charge in [-0.05, 0) is 12.1 Å². The molecule has 1 heterocycles. The Morgan fingerprint density at radius 1 is 1.26 bits per heavy atom. The van der Waals surface area contributed by atoms with Crippen LogP contribution in [0.15, 0.2) is 12.1 Å². The molecule has 1 atom stereocenters. The molecule has 8 heteroatoms. The van der Waals surface area contributed by atoms with Crippen molar-refractivity contribution >= 4 is 52.3 Å². The fraction of sp³-hybridized carbons (Fsp3) is 0.273. The van der Waals surface area contributed by atoms with E-state index in [2.05, 4.69) is 16.0 Å². The van der Waals surface area contributed by atoms with Gasteiger partial charge < -0.3 is 10.6 Å². The maximum Gasteiger partial charge on any atom is 0.243 e. The molecule has 1 unspecified atom stereocenters. The fourth-order valence-corrected chi connectivity index (χ4v) is 2.54. The van der Waals surface area contributed by atoms with Crippen LogP contribution in [0.3, 0.4) is 0 Å². The van der Waals surface area contributed by atoms with Gasteiger partial charge in [0, 0.05) is 11.6 Å². The van der Waals surface area contributed by atoms with E-state index in [9.17, 15) is 9.59 Å². The maximum atomic E-state index is 12.0. The van der Waals surface area contributed by atoms with Crippen molar-refractivity contribution in [3.05, 3.63) is 27.2 Å². The van der Waals surface area contributed by atoms with E-state index in [4.69, 9.17) is 34.8 Å². The van der Waals surface area contributed by atoms with Crippen LogP contribution in [0.1, 0.15) is 0 Å². The molecule has 0 saturated carbocycles. The highest BCUT2D eigenvalue weighted by molar-refractivity contribution is 6.42. The number of benzene rings is 1. The quantitative estimate of drug-likeness (QED) is 0.776. The normalized spacial score (nSPS) is 18.9. The van der Waals surface area contributed by atoms with Gasteiger partial charge in [0.1, 0.15) is 6.04 Å². The molecule has 19 heavy (non-hydrogen) atoms. The molecule has 1 fully saturated rings. The summed E-state index contributed by atoms with van der Waals surface area (Å²) in [7, 11) is 0. The van der Waals surface area contributed by atoms with Gasteiger partial charge in [0.05, 0.1) is 22.3 Å². The number of nitrogens with one attached hydrogen (secondary N) is 3. The number of anilines is 1. The molecule has 0 aliphatic carbocycles.